The van der Waals surface area contributed by atoms with Crippen molar-refractivity contribution in [1.29, 1.82) is 0 Å². The quantitative estimate of drug-likeness (QED) is 0.0205. The fourth-order valence-electron chi connectivity index (χ4n) is 5.34. The van der Waals surface area contributed by atoms with Crippen molar-refractivity contribution in [3.8, 4) is 0 Å². The van der Waals surface area contributed by atoms with Crippen molar-refractivity contribution in [3.63, 3.8) is 0 Å². The Hall–Kier alpha value is -4.45. The normalized spacial score (nSPS) is 13.4. The van der Waals surface area contributed by atoms with Crippen LogP contribution in [0.1, 0.15) is 156 Å². The van der Waals surface area contributed by atoms with Gasteiger partial charge < -0.3 is 14.2 Å². The van der Waals surface area contributed by atoms with E-state index in [1.807, 2.05) is 79.0 Å². The number of esters is 3. The fourth-order valence-corrected chi connectivity index (χ4v) is 5.34. The van der Waals surface area contributed by atoms with Gasteiger partial charge in [-0.05, 0) is 77.0 Å². The van der Waals surface area contributed by atoms with Gasteiger partial charge in [0, 0.05) is 19.3 Å². The minimum Gasteiger partial charge on any atom is -0.462 e. The van der Waals surface area contributed by atoms with E-state index in [1.165, 1.54) is 0 Å². The highest BCUT2D eigenvalue weighted by Gasteiger charge is 2.19. The van der Waals surface area contributed by atoms with Crippen LogP contribution in [0.4, 0.5) is 0 Å². The summed E-state index contributed by atoms with van der Waals surface area (Å²) in [5.74, 6) is -1.06. The average Bonchev–Trinajstić information content (AvgIpc) is 3.22. The van der Waals surface area contributed by atoms with Crippen LogP contribution in [-0.2, 0) is 28.6 Å². The molecule has 0 aliphatic heterocycles. The van der Waals surface area contributed by atoms with E-state index >= 15 is 0 Å². The molecule has 0 aliphatic rings. The van der Waals surface area contributed by atoms with Gasteiger partial charge in [0.2, 0.25) is 0 Å². The third kappa shape index (κ3) is 42.7. The first-order valence-electron chi connectivity index (χ1n) is 22.3. The Morgan fingerprint density at radius 2 is 0.724 bits per heavy atom. The molecule has 0 aromatic rings. The van der Waals surface area contributed by atoms with E-state index in [2.05, 4.69) is 75.5 Å². The number of rotatable bonds is 37. The van der Waals surface area contributed by atoms with Crippen molar-refractivity contribution in [2.24, 2.45) is 0 Å². The molecule has 0 aromatic carbocycles. The highest BCUT2D eigenvalue weighted by molar-refractivity contribution is 5.71. The molecular weight excluding hydrogens is 721 g/mol. The van der Waals surface area contributed by atoms with Crippen molar-refractivity contribution < 1.29 is 28.6 Å². The SMILES string of the molecule is CC\C=C/C=C\C=C/C=C\C=C/CCCC(=O)OC(COC(=O)CCCCCCC\C=C/C=C\C=C/C=C\CC)COC(=O)CCCCCCC/C=C\C/C=C\CC. The Kier molecular flexibility index (Phi) is 41.8. The van der Waals surface area contributed by atoms with E-state index in [0.29, 0.717) is 19.3 Å². The van der Waals surface area contributed by atoms with Crippen LogP contribution in [0.5, 0.6) is 0 Å². The van der Waals surface area contributed by atoms with Crippen molar-refractivity contribution in [1.82, 2.24) is 0 Å². The maximum Gasteiger partial charge on any atom is 0.306 e. The second-order valence-corrected chi connectivity index (χ2v) is 14.0. The zero-order chi connectivity index (χ0) is 42.3. The third-order valence-electron chi connectivity index (χ3n) is 8.60. The van der Waals surface area contributed by atoms with Crippen molar-refractivity contribution >= 4 is 17.9 Å². The van der Waals surface area contributed by atoms with E-state index in [-0.39, 0.29) is 31.6 Å². The van der Waals surface area contributed by atoms with Crippen LogP contribution in [0.25, 0.3) is 0 Å². The first-order valence-corrected chi connectivity index (χ1v) is 22.3. The maximum atomic E-state index is 12.7. The Labute approximate surface area is 354 Å². The van der Waals surface area contributed by atoms with Crippen LogP contribution in [0.3, 0.4) is 0 Å². The molecule has 0 heterocycles. The van der Waals surface area contributed by atoms with Gasteiger partial charge in [0.15, 0.2) is 6.10 Å². The summed E-state index contributed by atoms with van der Waals surface area (Å²) in [6, 6.07) is 0. The lowest BCUT2D eigenvalue weighted by atomic mass is 10.1. The number of hydrogen-bond acceptors (Lipinski definition) is 6. The smallest absolute Gasteiger partial charge is 0.306 e. The van der Waals surface area contributed by atoms with E-state index in [0.717, 1.165) is 109 Å². The molecule has 322 valence electrons. The Bertz CT molecular complexity index is 1330. The van der Waals surface area contributed by atoms with Gasteiger partial charge in [0.1, 0.15) is 13.2 Å². The second kappa shape index (κ2) is 45.3. The third-order valence-corrected chi connectivity index (χ3v) is 8.60. The highest BCUT2D eigenvalue weighted by atomic mass is 16.6. The van der Waals surface area contributed by atoms with E-state index in [4.69, 9.17) is 14.2 Å². The molecule has 58 heavy (non-hydrogen) atoms. The van der Waals surface area contributed by atoms with Crippen LogP contribution >= 0.6 is 0 Å². The second-order valence-electron chi connectivity index (χ2n) is 14.0. The Morgan fingerprint density at radius 3 is 1.21 bits per heavy atom. The molecule has 6 nitrogen and oxygen atoms in total. The predicted molar refractivity (Wildman–Crippen MR) is 246 cm³/mol. The van der Waals surface area contributed by atoms with Gasteiger partial charge in [-0.25, -0.2) is 0 Å². The molecule has 0 aromatic heterocycles. The topological polar surface area (TPSA) is 78.9 Å². The van der Waals surface area contributed by atoms with Crippen LogP contribution in [0.2, 0.25) is 0 Å². The maximum absolute atomic E-state index is 12.7. The summed E-state index contributed by atoms with van der Waals surface area (Å²) in [6.45, 7) is 6.10. The summed E-state index contributed by atoms with van der Waals surface area (Å²) in [6.07, 6.45) is 63.0. The molecule has 0 N–H and O–H groups in total. The van der Waals surface area contributed by atoms with Gasteiger partial charge in [0.05, 0.1) is 0 Å². The monoisotopic (exact) mass is 799 g/mol. The number of allylic oxidation sites excluding steroid dienone is 22. The molecule has 0 amide bonds. The van der Waals surface area contributed by atoms with Gasteiger partial charge in [-0.1, -0.05) is 193 Å². The Morgan fingerprint density at radius 1 is 0.362 bits per heavy atom. The van der Waals surface area contributed by atoms with Crippen molar-refractivity contribution in [2.75, 3.05) is 13.2 Å². The van der Waals surface area contributed by atoms with Gasteiger partial charge in [-0.15, -0.1) is 0 Å². The standard InChI is InChI=1S/C52H78O6/c1-4-7-10-13-16-19-22-25-26-28-30-33-36-39-42-45-51(54)57-48-49(47-56-50(53)44-41-38-35-32-29-24-21-18-15-12-9-6-3)58-52(55)46-43-40-37-34-31-27-23-20-17-14-11-8-5-2/h7-14,16-23,25-27,31,34,37,49H,4-6,15,24,28-30,32-33,35-36,38-48H2,1-3H3/b10-7-,11-8-,12-9-,16-13-,17-14-,21-18-,22-19-,23-20-,26-25-,31-27-,37-34-. The van der Waals surface area contributed by atoms with Gasteiger partial charge >= 0.3 is 17.9 Å². The lowest BCUT2D eigenvalue weighted by Gasteiger charge is -2.18. The zero-order valence-corrected chi connectivity index (χ0v) is 36.5. The predicted octanol–water partition coefficient (Wildman–Crippen LogP) is 14.4. The largest absolute Gasteiger partial charge is 0.462 e. The number of carbonyl (C=O) groups excluding carboxylic acids is 3. The van der Waals surface area contributed by atoms with E-state index < -0.39 is 12.1 Å². The number of ether oxygens (including phenoxy) is 3. The molecule has 1 atom stereocenters. The molecule has 0 fully saturated rings. The molecule has 0 saturated heterocycles. The minimum atomic E-state index is -0.834. The summed E-state index contributed by atoms with van der Waals surface area (Å²) in [5, 5.41) is 0. The lowest BCUT2D eigenvalue weighted by molar-refractivity contribution is -0.167. The van der Waals surface area contributed by atoms with Crippen molar-refractivity contribution in [2.45, 2.75) is 162 Å². The molecule has 1 unspecified atom stereocenters. The number of carbonyl (C=O) groups is 3. The van der Waals surface area contributed by atoms with Crippen LogP contribution in [0.15, 0.2) is 134 Å². The van der Waals surface area contributed by atoms with E-state index in [9.17, 15) is 14.4 Å². The van der Waals surface area contributed by atoms with Crippen LogP contribution < -0.4 is 0 Å². The molecular formula is C52H78O6. The number of unbranched alkanes of at least 4 members (excludes halogenated alkanes) is 11. The summed E-state index contributed by atoms with van der Waals surface area (Å²) < 4.78 is 16.6. The first kappa shape index (κ1) is 53.6. The minimum absolute atomic E-state index is 0.128. The fraction of sp³-hybridized carbons (Fsp3) is 0.519. The Balaban J connectivity index is 4.60. The summed E-state index contributed by atoms with van der Waals surface area (Å²) in [5.41, 5.74) is 0. The summed E-state index contributed by atoms with van der Waals surface area (Å²) in [7, 11) is 0. The van der Waals surface area contributed by atoms with Crippen LogP contribution in [0, 0.1) is 0 Å². The lowest BCUT2D eigenvalue weighted by Crippen LogP contribution is -2.30. The molecule has 0 rings (SSSR count). The molecule has 6 heteroatoms. The van der Waals surface area contributed by atoms with Gasteiger partial charge in [-0.3, -0.25) is 14.4 Å². The van der Waals surface area contributed by atoms with Gasteiger partial charge in [0.25, 0.3) is 0 Å². The molecule has 0 saturated carbocycles. The highest BCUT2D eigenvalue weighted by Crippen LogP contribution is 2.11. The molecule has 0 radical (unpaired) electrons. The zero-order valence-electron chi connectivity index (χ0n) is 36.5. The summed E-state index contributed by atoms with van der Waals surface area (Å²) in [4.78, 5) is 37.7. The van der Waals surface area contributed by atoms with E-state index in [1.54, 1.807) is 0 Å². The first-order chi connectivity index (χ1) is 28.5. The van der Waals surface area contributed by atoms with Gasteiger partial charge in [-0.2, -0.15) is 0 Å². The average molecular weight is 799 g/mol. The molecule has 0 aliphatic carbocycles. The molecule has 0 bridgehead atoms. The number of hydrogen-bond donors (Lipinski definition) is 0. The summed E-state index contributed by atoms with van der Waals surface area (Å²) >= 11 is 0. The molecule has 0 spiro atoms. The van der Waals surface area contributed by atoms with Crippen LogP contribution in [-0.4, -0.2) is 37.2 Å². The van der Waals surface area contributed by atoms with Crippen molar-refractivity contribution in [3.05, 3.63) is 134 Å².